The smallest absolute Gasteiger partial charge is 0.338 e. The highest BCUT2D eigenvalue weighted by atomic mass is 19.1. The fraction of sp³-hybridized carbons (Fsp3) is 0.227. The molecule has 0 saturated heterocycles. The molecule has 166 valence electrons. The highest BCUT2D eigenvalue weighted by molar-refractivity contribution is 6.00. The fourth-order valence-corrected chi connectivity index (χ4v) is 2.77. The van der Waals surface area contributed by atoms with Crippen LogP contribution in [0.1, 0.15) is 30.6 Å². The number of nitriles is 1. The Kier molecular flexibility index (Phi) is 8.42. The van der Waals surface area contributed by atoms with Gasteiger partial charge in [-0.05, 0) is 42.5 Å². The highest BCUT2D eigenvalue weighted by Gasteiger charge is 2.19. The molecule has 3 amide bonds. The number of anilines is 3. The molecule has 0 aliphatic heterocycles. The van der Waals surface area contributed by atoms with Gasteiger partial charge in [-0.1, -0.05) is 0 Å². The van der Waals surface area contributed by atoms with Crippen LogP contribution in [0, 0.1) is 17.1 Å². The average molecular weight is 440 g/mol. The number of amides is 3. The van der Waals surface area contributed by atoms with E-state index in [1.54, 1.807) is 0 Å². The van der Waals surface area contributed by atoms with Crippen molar-refractivity contribution in [1.82, 2.24) is 0 Å². The molecule has 0 saturated carbocycles. The summed E-state index contributed by atoms with van der Waals surface area (Å²) in [6, 6.07) is 11.2. The number of hydrogen-bond acceptors (Lipinski definition) is 6. The Bertz CT molecular complexity index is 1030. The molecular formula is C22H21FN4O5. The third kappa shape index (κ3) is 7.21. The van der Waals surface area contributed by atoms with E-state index in [0.29, 0.717) is 5.69 Å². The molecule has 10 heteroatoms. The van der Waals surface area contributed by atoms with Crippen LogP contribution in [0.2, 0.25) is 0 Å². The summed E-state index contributed by atoms with van der Waals surface area (Å²) in [6.07, 6.45) is 0.0237. The summed E-state index contributed by atoms with van der Waals surface area (Å²) in [5.74, 6) is -2.72. The van der Waals surface area contributed by atoms with Crippen LogP contribution in [0.5, 0.6) is 0 Å². The Labute approximate surface area is 183 Å². The van der Waals surface area contributed by atoms with Crippen LogP contribution in [0.25, 0.3) is 0 Å². The molecule has 0 aliphatic carbocycles. The molecule has 2 aromatic rings. The van der Waals surface area contributed by atoms with E-state index in [2.05, 4.69) is 10.6 Å². The van der Waals surface area contributed by atoms with Crippen LogP contribution in [0.15, 0.2) is 42.5 Å². The standard InChI is InChI=1S/C22H21FN4O5/c1-14(28)25-18-10-16(11-19(12-18)26-15(2)29)22(31)32-13-21(30)27(9-3-8-24)20-6-4-17(23)5-7-20/h4-7,10-12H,3,9,13H2,1-2H3,(H,25,28)(H,26,29). The van der Waals surface area contributed by atoms with Crippen molar-refractivity contribution < 1.29 is 28.3 Å². The van der Waals surface area contributed by atoms with Gasteiger partial charge < -0.3 is 20.3 Å². The van der Waals surface area contributed by atoms with E-state index < -0.39 is 24.3 Å². The molecule has 0 fully saturated rings. The number of rotatable bonds is 8. The lowest BCUT2D eigenvalue weighted by Crippen LogP contribution is -2.35. The number of ether oxygens (including phenoxy) is 1. The third-order valence-corrected chi connectivity index (χ3v) is 4.02. The van der Waals surface area contributed by atoms with Gasteiger partial charge in [0.05, 0.1) is 18.1 Å². The van der Waals surface area contributed by atoms with E-state index in [0.717, 1.165) is 0 Å². The van der Waals surface area contributed by atoms with Gasteiger partial charge in [0.25, 0.3) is 5.91 Å². The summed E-state index contributed by atoms with van der Waals surface area (Å²) in [6.45, 7) is 1.96. The molecule has 0 atom stereocenters. The van der Waals surface area contributed by atoms with E-state index in [1.807, 2.05) is 6.07 Å². The Morgan fingerprint density at radius 1 is 1.00 bits per heavy atom. The predicted molar refractivity (Wildman–Crippen MR) is 114 cm³/mol. The second kappa shape index (κ2) is 11.2. The van der Waals surface area contributed by atoms with E-state index in [4.69, 9.17) is 10.00 Å². The van der Waals surface area contributed by atoms with Crippen LogP contribution in [-0.4, -0.2) is 36.8 Å². The van der Waals surface area contributed by atoms with E-state index in [1.165, 1.54) is 61.2 Å². The van der Waals surface area contributed by atoms with E-state index >= 15 is 0 Å². The number of nitrogens with zero attached hydrogens (tertiary/aromatic N) is 2. The fourth-order valence-electron chi connectivity index (χ4n) is 2.77. The van der Waals surface area contributed by atoms with Crippen molar-refractivity contribution in [3.63, 3.8) is 0 Å². The summed E-state index contributed by atoms with van der Waals surface area (Å²) >= 11 is 0. The Balaban J connectivity index is 2.17. The molecule has 0 aromatic heterocycles. The SMILES string of the molecule is CC(=O)Nc1cc(NC(C)=O)cc(C(=O)OCC(=O)N(CCC#N)c2ccc(F)cc2)c1. The molecule has 0 unspecified atom stereocenters. The van der Waals surface area contributed by atoms with Gasteiger partial charge in [0.15, 0.2) is 6.61 Å². The van der Waals surface area contributed by atoms with Crippen molar-refractivity contribution >= 4 is 40.8 Å². The van der Waals surface area contributed by atoms with Gasteiger partial charge in [0.2, 0.25) is 11.8 Å². The number of carbonyl (C=O) groups excluding carboxylic acids is 4. The van der Waals surface area contributed by atoms with Crippen LogP contribution < -0.4 is 15.5 Å². The van der Waals surface area contributed by atoms with Gasteiger partial charge in [-0.15, -0.1) is 0 Å². The maximum absolute atomic E-state index is 13.2. The largest absolute Gasteiger partial charge is 0.452 e. The molecule has 2 rings (SSSR count). The number of esters is 1. The monoisotopic (exact) mass is 440 g/mol. The molecule has 2 N–H and O–H groups in total. The third-order valence-electron chi connectivity index (χ3n) is 4.02. The summed E-state index contributed by atoms with van der Waals surface area (Å²) < 4.78 is 18.3. The summed E-state index contributed by atoms with van der Waals surface area (Å²) in [7, 11) is 0. The normalized spacial score (nSPS) is 9.94. The molecule has 0 spiro atoms. The minimum Gasteiger partial charge on any atom is -0.452 e. The Morgan fingerprint density at radius 2 is 1.56 bits per heavy atom. The number of hydrogen-bond donors (Lipinski definition) is 2. The predicted octanol–water partition coefficient (Wildman–Crippen LogP) is 2.85. The van der Waals surface area contributed by atoms with Crippen LogP contribution >= 0.6 is 0 Å². The van der Waals surface area contributed by atoms with Gasteiger partial charge in [-0.2, -0.15) is 5.26 Å². The number of benzene rings is 2. The number of nitrogens with one attached hydrogen (secondary N) is 2. The van der Waals surface area contributed by atoms with E-state index in [-0.39, 0.29) is 41.7 Å². The van der Waals surface area contributed by atoms with E-state index in [9.17, 15) is 23.6 Å². The van der Waals surface area contributed by atoms with Gasteiger partial charge in [-0.25, -0.2) is 9.18 Å². The maximum Gasteiger partial charge on any atom is 0.338 e. The molecular weight excluding hydrogens is 419 g/mol. The lowest BCUT2D eigenvalue weighted by atomic mass is 10.1. The first-order chi connectivity index (χ1) is 15.2. The number of halogens is 1. The van der Waals surface area contributed by atoms with Gasteiger partial charge >= 0.3 is 5.97 Å². The summed E-state index contributed by atoms with van der Waals surface area (Å²) in [5.41, 5.74) is 0.856. The number of carbonyl (C=O) groups is 4. The zero-order valence-electron chi connectivity index (χ0n) is 17.5. The van der Waals surface area contributed by atoms with Crippen molar-refractivity contribution in [2.24, 2.45) is 0 Å². The van der Waals surface area contributed by atoms with Crippen molar-refractivity contribution in [2.45, 2.75) is 20.3 Å². The first-order valence-corrected chi connectivity index (χ1v) is 9.50. The lowest BCUT2D eigenvalue weighted by molar-refractivity contribution is -0.121. The van der Waals surface area contributed by atoms with Crippen molar-refractivity contribution in [2.75, 3.05) is 28.7 Å². The second-order valence-electron chi connectivity index (χ2n) is 6.67. The maximum atomic E-state index is 13.2. The minimum absolute atomic E-state index is 0.00171. The first-order valence-electron chi connectivity index (χ1n) is 9.50. The Morgan fingerprint density at radius 3 is 2.06 bits per heavy atom. The Hall–Kier alpha value is -4.26. The topological polar surface area (TPSA) is 129 Å². The molecule has 0 heterocycles. The quantitative estimate of drug-likeness (QED) is 0.608. The van der Waals surface area contributed by atoms with Gasteiger partial charge in [-0.3, -0.25) is 14.4 Å². The minimum atomic E-state index is -0.864. The molecule has 0 bridgehead atoms. The zero-order valence-corrected chi connectivity index (χ0v) is 17.5. The summed E-state index contributed by atoms with van der Waals surface area (Å²) in [5, 5.41) is 13.9. The molecule has 9 nitrogen and oxygen atoms in total. The second-order valence-corrected chi connectivity index (χ2v) is 6.67. The lowest BCUT2D eigenvalue weighted by Gasteiger charge is -2.21. The highest BCUT2D eigenvalue weighted by Crippen LogP contribution is 2.21. The molecule has 32 heavy (non-hydrogen) atoms. The first kappa shape index (κ1) is 24.0. The molecule has 0 aliphatic rings. The van der Waals surface area contributed by atoms with Crippen LogP contribution in [0.3, 0.4) is 0 Å². The van der Waals surface area contributed by atoms with Crippen molar-refractivity contribution in [1.29, 1.82) is 5.26 Å². The van der Waals surface area contributed by atoms with Gasteiger partial charge in [0.1, 0.15) is 5.82 Å². The zero-order chi connectivity index (χ0) is 23.7. The average Bonchev–Trinajstić information content (AvgIpc) is 2.72. The van der Waals surface area contributed by atoms with Crippen molar-refractivity contribution in [3.05, 3.63) is 53.8 Å². The summed E-state index contributed by atoms with van der Waals surface area (Å²) in [4.78, 5) is 49.1. The van der Waals surface area contributed by atoms with Crippen LogP contribution in [-0.2, 0) is 19.1 Å². The molecule has 0 radical (unpaired) electrons. The van der Waals surface area contributed by atoms with Gasteiger partial charge in [0, 0.05) is 37.5 Å². The molecule has 2 aromatic carbocycles. The van der Waals surface area contributed by atoms with Crippen LogP contribution in [0.4, 0.5) is 21.5 Å². The van der Waals surface area contributed by atoms with Crippen molar-refractivity contribution in [3.8, 4) is 6.07 Å².